The summed E-state index contributed by atoms with van der Waals surface area (Å²) in [4.78, 5) is 8.44. The molecule has 1 atom stereocenters. The molecule has 0 saturated heterocycles. The second-order valence-electron chi connectivity index (χ2n) is 4.75. The van der Waals surface area contributed by atoms with Crippen molar-refractivity contribution in [2.45, 2.75) is 33.1 Å². The van der Waals surface area contributed by atoms with Gasteiger partial charge in [-0.1, -0.05) is 26.0 Å². The van der Waals surface area contributed by atoms with Crippen molar-refractivity contribution in [2.24, 2.45) is 0 Å². The molecule has 1 N–H and O–H groups in total. The van der Waals surface area contributed by atoms with Gasteiger partial charge < -0.3 is 10.1 Å². The molecule has 0 fully saturated rings. The van der Waals surface area contributed by atoms with Crippen LogP contribution in [0.2, 0.25) is 0 Å². The summed E-state index contributed by atoms with van der Waals surface area (Å²) in [6.45, 7) is 7.24. The topological polar surface area (TPSA) is 47.0 Å². The van der Waals surface area contributed by atoms with Crippen LogP contribution in [0.25, 0.3) is 0 Å². The van der Waals surface area contributed by atoms with Gasteiger partial charge in [-0.2, -0.15) is 4.98 Å². The van der Waals surface area contributed by atoms with Gasteiger partial charge in [0.25, 0.3) is 0 Å². The standard InChI is InChI=1S/C16H21N3O/c1-4-12(3)13-6-8-14(9-7-13)20-16-11-17-10-15(19-16)18-5-2/h6-12H,4-5H2,1-3H3,(H,18,19). The van der Waals surface area contributed by atoms with Gasteiger partial charge in [-0.3, -0.25) is 4.98 Å². The second kappa shape index (κ2) is 6.89. The average Bonchev–Trinajstić information content (AvgIpc) is 2.48. The summed E-state index contributed by atoms with van der Waals surface area (Å²) < 4.78 is 5.72. The first-order valence-electron chi connectivity index (χ1n) is 7.06. The first-order chi connectivity index (χ1) is 9.72. The summed E-state index contributed by atoms with van der Waals surface area (Å²) in [5, 5.41) is 3.11. The molecule has 0 saturated carbocycles. The molecule has 0 amide bonds. The van der Waals surface area contributed by atoms with Gasteiger partial charge in [-0.25, -0.2) is 0 Å². The van der Waals surface area contributed by atoms with E-state index in [0.717, 1.165) is 24.5 Å². The minimum atomic E-state index is 0.500. The Hall–Kier alpha value is -2.10. The Kier molecular flexibility index (Phi) is 4.93. The van der Waals surface area contributed by atoms with Gasteiger partial charge in [-0.05, 0) is 37.0 Å². The van der Waals surface area contributed by atoms with Crippen molar-refractivity contribution in [2.75, 3.05) is 11.9 Å². The molecule has 0 radical (unpaired) electrons. The van der Waals surface area contributed by atoms with E-state index >= 15 is 0 Å². The maximum absolute atomic E-state index is 5.72. The zero-order valence-electron chi connectivity index (χ0n) is 12.3. The molecule has 0 aliphatic carbocycles. The number of anilines is 1. The molecule has 106 valence electrons. The summed E-state index contributed by atoms with van der Waals surface area (Å²) >= 11 is 0. The van der Waals surface area contributed by atoms with Crippen LogP contribution in [0.4, 0.5) is 5.82 Å². The summed E-state index contributed by atoms with van der Waals surface area (Å²) in [6.07, 6.45) is 4.43. The average molecular weight is 271 g/mol. The molecule has 1 heterocycles. The van der Waals surface area contributed by atoms with Crippen LogP contribution in [-0.4, -0.2) is 16.5 Å². The lowest BCUT2D eigenvalue weighted by Crippen LogP contribution is -2.00. The van der Waals surface area contributed by atoms with Crippen molar-refractivity contribution in [3.63, 3.8) is 0 Å². The van der Waals surface area contributed by atoms with Gasteiger partial charge in [0.1, 0.15) is 11.6 Å². The smallest absolute Gasteiger partial charge is 0.239 e. The molecule has 0 bridgehead atoms. The largest absolute Gasteiger partial charge is 0.437 e. The maximum Gasteiger partial charge on any atom is 0.239 e. The van der Waals surface area contributed by atoms with E-state index < -0.39 is 0 Å². The second-order valence-corrected chi connectivity index (χ2v) is 4.75. The molecule has 0 spiro atoms. The Labute approximate surface area is 120 Å². The lowest BCUT2D eigenvalue weighted by atomic mass is 9.99. The zero-order valence-corrected chi connectivity index (χ0v) is 12.3. The van der Waals surface area contributed by atoms with E-state index in [1.807, 2.05) is 19.1 Å². The van der Waals surface area contributed by atoms with Crippen molar-refractivity contribution in [1.29, 1.82) is 0 Å². The Morgan fingerprint density at radius 3 is 2.55 bits per heavy atom. The normalized spacial score (nSPS) is 11.9. The first kappa shape index (κ1) is 14.3. The Bertz CT molecular complexity index is 540. The molecule has 20 heavy (non-hydrogen) atoms. The fourth-order valence-electron chi connectivity index (χ4n) is 1.88. The van der Waals surface area contributed by atoms with Crippen molar-refractivity contribution in [3.8, 4) is 11.6 Å². The summed E-state index contributed by atoms with van der Waals surface area (Å²) in [5.74, 6) is 2.57. The lowest BCUT2D eigenvalue weighted by molar-refractivity contribution is 0.460. The van der Waals surface area contributed by atoms with E-state index in [1.165, 1.54) is 5.56 Å². The SMILES string of the molecule is CCNc1cncc(Oc2ccc(C(C)CC)cc2)n1. The van der Waals surface area contributed by atoms with E-state index in [9.17, 15) is 0 Å². The van der Waals surface area contributed by atoms with Crippen molar-refractivity contribution in [3.05, 3.63) is 42.2 Å². The number of hydrogen-bond acceptors (Lipinski definition) is 4. The highest BCUT2D eigenvalue weighted by molar-refractivity contribution is 5.35. The Balaban J connectivity index is 2.08. The third-order valence-corrected chi connectivity index (χ3v) is 3.25. The number of nitrogens with one attached hydrogen (secondary N) is 1. The van der Waals surface area contributed by atoms with Gasteiger partial charge in [0.15, 0.2) is 0 Å². The predicted octanol–water partition coefficient (Wildman–Crippen LogP) is 4.21. The Morgan fingerprint density at radius 1 is 1.15 bits per heavy atom. The van der Waals surface area contributed by atoms with E-state index in [0.29, 0.717) is 11.8 Å². The molecule has 4 heteroatoms. The van der Waals surface area contributed by atoms with Gasteiger partial charge in [0, 0.05) is 6.54 Å². The van der Waals surface area contributed by atoms with Crippen molar-refractivity contribution >= 4 is 5.82 Å². The zero-order chi connectivity index (χ0) is 14.4. The van der Waals surface area contributed by atoms with Crippen LogP contribution in [0.3, 0.4) is 0 Å². The highest BCUT2D eigenvalue weighted by Crippen LogP contribution is 2.24. The van der Waals surface area contributed by atoms with Crippen LogP contribution in [0, 0.1) is 0 Å². The van der Waals surface area contributed by atoms with E-state index in [4.69, 9.17) is 4.74 Å². The van der Waals surface area contributed by atoms with Crippen LogP contribution < -0.4 is 10.1 Å². The quantitative estimate of drug-likeness (QED) is 0.854. The monoisotopic (exact) mass is 271 g/mol. The fourth-order valence-corrected chi connectivity index (χ4v) is 1.88. The van der Waals surface area contributed by atoms with E-state index in [-0.39, 0.29) is 0 Å². The van der Waals surface area contributed by atoms with Crippen LogP contribution in [0.5, 0.6) is 11.6 Å². The number of aromatic nitrogens is 2. The number of benzene rings is 1. The minimum absolute atomic E-state index is 0.500. The maximum atomic E-state index is 5.72. The molecule has 1 unspecified atom stereocenters. The van der Waals surface area contributed by atoms with Crippen LogP contribution in [0.15, 0.2) is 36.7 Å². The van der Waals surface area contributed by atoms with Gasteiger partial charge in [-0.15, -0.1) is 0 Å². The molecule has 0 aliphatic heterocycles. The molecular formula is C16H21N3O. The summed E-state index contributed by atoms with van der Waals surface area (Å²) in [7, 11) is 0. The molecule has 1 aromatic heterocycles. The third-order valence-electron chi connectivity index (χ3n) is 3.25. The van der Waals surface area contributed by atoms with Crippen LogP contribution in [0.1, 0.15) is 38.7 Å². The van der Waals surface area contributed by atoms with Gasteiger partial charge in [0.05, 0.1) is 12.4 Å². The molecule has 2 rings (SSSR count). The molecule has 4 nitrogen and oxygen atoms in total. The Morgan fingerprint density at radius 2 is 1.90 bits per heavy atom. The van der Waals surface area contributed by atoms with Gasteiger partial charge in [0.2, 0.25) is 5.88 Å². The van der Waals surface area contributed by atoms with Crippen molar-refractivity contribution in [1.82, 2.24) is 9.97 Å². The predicted molar refractivity (Wildman–Crippen MR) is 81.4 cm³/mol. The van der Waals surface area contributed by atoms with Gasteiger partial charge >= 0.3 is 0 Å². The molecule has 1 aromatic carbocycles. The number of nitrogens with zero attached hydrogens (tertiary/aromatic N) is 2. The summed E-state index contributed by atoms with van der Waals surface area (Å²) in [5.41, 5.74) is 1.33. The summed E-state index contributed by atoms with van der Waals surface area (Å²) in [6, 6.07) is 8.16. The third kappa shape index (κ3) is 3.70. The lowest BCUT2D eigenvalue weighted by Gasteiger charge is -2.10. The molecule has 0 aliphatic rings. The van der Waals surface area contributed by atoms with Crippen molar-refractivity contribution < 1.29 is 4.74 Å². The van der Waals surface area contributed by atoms with Crippen LogP contribution >= 0.6 is 0 Å². The minimum Gasteiger partial charge on any atom is -0.437 e. The molecular weight excluding hydrogens is 250 g/mol. The first-order valence-corrected chi connectivity index (χ1v) is 7.06. The number of ether oxygens (including phenoxy) is 1. The highest BCUT2D eigenvalue weighted by Gasteiger charge is 2.04. The highest BCUT2D eigenvalue weighted by atomic mass is 16.5. The van der Waals surface area contributed by atoms with E-state index in [1.54, 1.807) is 12.4 Å². The molecule has 2 aromatic rings. The fraction of sp³-hybridized carbons (Fsp3) is 0.375. The van der Waals surface area contributed by atoms with Crippen LogP contribution in [-0.2, 0) is 0 Å². The van der Waals surface area contributed by atoms with E-state index in [2.05, 4.69) is 41.3 Å². The number of rotatable bonds is 6. The number of hydrogen-bond donors (Lipinski definition) is 1.